The molecular formula is C37H34ClF3N8O3. The highest BCUT2D eigenvalue weighted by Crippen LogP contribution is 2.46. The monoisotopic (exact) mass is 730 g/mol. The van der Waals surface area contributed by atoms with Gasteiger partial charge in [0.1, 0.15) is 11.5 Å². The van der Waals surface area contributed by atoms with E-state index >= 15 is 0 Å². The SMILES string of the molecule is COc1nc(-c2cccc(-c3cccc(Nc4nc(C(F)(F)F)cc5cnn(C)c(=O)c45)c3C)c2Cl)cc2c1[C@@H](N1CC[C@]3(CNC(=O)N3)C1)CC2. The maximum Gasteiger partial charge on any atom is 0.433 e. The third kappa shape index (κ3) is 5.70. The molecule has 268 valence electrons. The van der Waals surface area contributed by atoms with E-state index in [2.05, 4.69) is 37.0 Å². The van der Waals surface area contributed by atoms with Crippen LogP contribution in [0.2, 0.25) is 5.02 Å². The second-order valence-electron chi connectivity index (χ2n) is 13.6. The maximum absolute atomic E-state index is 13.8. The van der Waals surface area contributed by atoms with Gasteiger partial charge in [-0.25, -0.2) is 19.4 Å². The first-order chi connectivity index (χ1) is 24.9. The van der Waals surface area contributed by atoms with Gasteiger partial charge in [-0.3, -0.25) is 9.69 Å². The number of likely N-dealkylation sites (tertiary alicyclic amines) is 1. The number of amides is 2. The van der Waals surface area contributed by atoms with Crippen molar-refractivity contribution >= 4 is 39.9 Å². The molecule has 1 spiro atoms. The van der Waals surface area contributed by atoms with E-state index in [4.69, 9.17) is 21.3 Å². The van der Waals surface area contributed by atoms with Crippen LogP contribution >= 0.6 is 11.6 Å². The molecule has 3 aliphatic rings. The molecule has 11 nitrogen and oxygen atoms in total. The van der Waals surface area contributed by atoms with Crippen LogP contribution in [0.15, 0.2) is 59.5 Å². The van der Waals surface area contributed by atoms with Gasteiger partial charge in [0, 0.05) is 60.5 Å². The van der Waals surface area contributed by atoms with Crippen molar-refractivity contribution in [1.29, 1.82) is 0 Å². The molecule has 5 heterocycles. The lowest BCUT2D eigenvalue weighted by Crippen LogP contribution is -2.46. The predicted molar refractivity (Wildman–Crippen MR) is 191 cm³/mol. The van der Waals surface area contributed by atoms with Gasteiger partial charge in [-0.05, 0) is 61.1 Å². The number of benzene rings is 2. The highest BCUT2D eigenvalue weighted by molar-refractivity contribution is 6.36. The molecule has 1 aliphatic carbocycles. The van der Waals surface area contributed by atoms with E-state index in [1.807, 2.05) is 31.2 Å². The third-order valence-corrected chi connectivity index (χ3v) is 10.9. The van der Waals surface area contributed by atoms with Crippen LogP contribution in [-0.2, 0) is 19.6 Å². The lowest BCUT2D eigenvalue weighted by atomic mass is 9.96. The van der Waals surface area contributed by atoms with Gasteiger partial charge in [0.15, 0.2) is 0 Å². The number of urea groups is 1. The van der Waals surface area contributed by atoms with Gasteiger partial charge in [0.25, 0.3) is 5.56 Å². The lowest BCUT2D eigenvalue weighted by molar-refractivity contribution is -0.141. The number of halogens is 4. The second kappa shape index (κ2) is 12.5. The highest BCUT2D eigenvalue weighted by Gasteiger charge is 2.47. The number of hydrogen-bond donors (Lipinski definition) is 3. The molecule has 52 heavy (non-hydrogen) atoms. The smallest absolute Gasteiger partial charge is 0.433 e. The number of pyridine rings is 2. The molecule has 2 fully saturated rings. The van der Waals surface area contributed by atoms with Crippen molar-refractivity contribution in [1.82, 2.24) is 35.3 Å². The summed E-state index contributed by atoms with van der Waals surface area (Å²) in [6.45, 7) is 4.03. The van der Waals surface area contributed by atoms with Crippen molar-refractivity contribution in [2.45, 2.75) is 43.9 Å². The van der Waals surface area contributed by atoms with Gasteiger partial charge in [-0.15, -0.1) is 0 Å². The minimum atomic E-state index is -4.74. The Bertz CT molecular complexity index is 2350. The number of carbonyl (C=O) groups excluding carboxylic acids is 1. The van der Waals surface area contributed by atoms with Gasteiger partial charge in [-0.1, -0.05) is 41.9 Å². The number of rotatable bonds is 6. The van der Waals surface area contributed by atoms with Crippen LogP contribution in [0, 0.1) is 6.92 Å². The highest BCUT2D eigenvalue weighted by atomic mass is 35.5. The summed E-state index contributed by atoms with van der Waals surface area (Å²) in [6, 6.07) is 13.9. The Labute approximate surface area is 301 Å². The van der Waals surface area contributed by atoms with E-state index in [-0.39, 0.29) is 34.2 Å². The summed E-state index contributed by atoms with van der Waals surface area (Å²) in [5, 5.41) is 13.4. The Hall–Kier alpha value is -5.21. The molecule has 3 N–H and O–H groups in total. The van der Waals surface area contributed by atoms with E-state index in [0.29, 0.717) is 45.5 Å². The van der Waals surface area contributed by atoms with E-state index in [9.17, 15) is 22.8 Å². The second-order valence-corrected chi connectivity index (χ2v) is 14.0. The molecule has 2 saturated heterocycles. The minimum Gasteiger partial charge on any atom is -0.481 e. The van der Waals surface area contributed by atoms with Gasteiger partial charge >= 0.3 is 12.2 Å². The fraction of sp³-hybridized carbons (Fsp3) is 0.324. The standard InChI is InChI=1S/C37H34ClF3N8O3/c1-19-22(6-5-9-25(19)44-32-30-21(16-43-48(2)34(30)50)15-28(46-32)37(39,40)41)23-7-4-8-24(31(23)38)26-14-20-10-11-27(29(20)33(45-26)52-3)49-13-12-36(18-49)17-42-35(51)47-36/h4-9,14-16,27H,10-13,17-18H2,1-3H3,(H,44,46)(H2,42,47,51)/t27-,36-/m0/s1. The lowest BCUT2D eigenvalue weighted by Gasteiger charge is -2.28. The summed E-state index contributed by atoms with van der Waals surface area (Å²) in [5.41, 5.74) is 4.11. The number of aromatic nitrogens is 4. The zero-order chi connectivity index (χ0) is 36.5. The molecule has 8 rings (SSSR count). The Morgan fingerprint density at radius 2 is 1.85 bits per heavy atom. The van der Waals surface area contributed by atoms with E-state index in [0.717, 1.165) is 59.8 Å². The molecule has 2 atom stereocenters. The number of nitrogens with one attached hydrogen (secondary N) is 3. The summed E-state index contributed by atoms with van der Waals surface area (Å²) in [5.74, 6) is 0.310. The number of nitrogens with zero attached hydrogens (tertiary/aromatic N) is 5. The van der Waals surface area contributed by atoms with Crippen molar-refractivity contribution in [3.63, 3.8) is 0 Å². The summed E-state index contributed by atoms with van der Waals surface area (Å²) < 4.78 is 48.5. The van der Waals surface area contributed by atoms with Crippen LogP contribution in [0.25, 0.3) is 33.2 Å². The minimum absolute atomic E-state index is 0.0132. The maximum atomic E-state index is 13.8. The van der Waals surface area contributed by atoms with Gasteiger partial charge in [0.05, 0.1) is 34.9 Å². The number of hydrogen-bond acceptors (Lipinski definition) is 8. The van der Waals surface area contributed by atoms with Crippen molar-refractivity contribution in [3.05, 3.63) is 92.5 Å². The van der Waals surface area contributed by atoms with E-state index < -0.39 is 17.4 Å². The first-order valence-corrected chi connectivity index (χ1v) is 17.2. The molecule has 15 heteroatoms. The molecule has 2 amide bonds. The normalized spacial score (nSPS) is 20.0. The Balaban J connectivity index is 1.14. The number of fused-ring (bicyclic) bond motifs is 2. The molecule has 2 aliphatic heterocycles. The molecule has 0 bridgehead atoms. The number of anilines is 2. The van der Waals surface area contributed by atoms with E-state index in [1.54, 1.807) is 19.2 Å². The van der Waals surface area contributed by atoms with Crippen molar-refractivity contribution in [2.24, 2.45) is 7.05 Å². The van der Waals surface area contributed by atoms with Crippen molar-refractivity contribution < 1.29 is 22.7 Å². The average molecular weight is 731 g/mol. The zero-order valence-electron chi connectivity index (χ0n) is 28.5. The summed E-state index contributed by atoms with van der Waals surface area (Å²) in [6.07, 6.45) is -0.922. The van der Waals surface area contributed by atoms with Crippen molar-refractivity contribution in [2.75, 3.05) is 32.1 Å². The van der Waals surface area contributed by atoms with Crippen LogP contribution in [-0.4, -0.2) is 63.0 Å². The molecule has 2 aromatic carbocycles. The van der Waals surface area contributed by atoms with Crippen LogP contribution in [0.1, 0.15) is 41.3 Å². The number of aryl methyl sites for hydroxylation is 2. The fourth-order valence-corrected chi connectivity index (χ4v) is 8.18. The molecule has 0 saturated carbocycles. The molecule has 3 aromatic heterocycles. The van der Waals surface area contributed by atoms with E-state index in [1.165, 1.54) is 13.2 Å². The van der Waals surface area contributed by atoms with Crippen molar-refractivity contribution in [3.8, 4) is 28.3 Å². The van der Waals surface area contributed by atoms with Crippen LogP contribution in [0.5, 0.6) is 5.88 Å². The predicted octanol–water partition coefficient (Wildman–Crippen LogP) is 6.53. The molecule has 5 aromatic rings. The average Bonchev–Trinajstić information content (AvgIpc) is 3.84. The Morgan fingerprint density at radius 1 is 1.08 bits per heavy atom. The molecule has 0 radical (unpaired) electrons. The first kappa shape index (κ1) is 33.9. The van der Waals surface area contributed by atoms with Gasteiger partial charge < -0.3 is 20.7 Å². The topological polar surface area (TPSA) is 126 Å². The van der Waals surface area contributed by atoms with Gasteiger partial charge in [-0.2, -0.15) is 18.3 Å². The van der Waals surface area contributed by atoms with Crippen LogP contribution in [0.4, 0.5) is 29.5 Å². The summed E-state index contributed by atoms with van der Waals surface area (Å²) >= 11 is 7.17. The largest absolute Gasteiger partial charge is 0.481 e. The first-order valence-electron chi connectivity index (χ1n) is 16.8. The quantitative estimate of drug-likeness (QED) is 0.180. The Kier molecular flexibility index (Phi) is 8.14. The molecular weight excluding hydrogens is 697 g/mol. The third-order valence-electron chi connectivity index (χ3n) is 10.5. The number of alkyl halides is 3. The Morgan fingerprint density at radius 3 is 2.60 bits per heavy atom. The van der Waals surface area contributed by atoms with Crippen LogP contribution in [0.3, 0.4) is 0 Å². The summed E-state index contributed by atoms with van der Waals surface area (Å²) in [4.78, 5) is 36.2. The van der Waals surface area contributed by atoms with Gasteiger partial charge in [0.2, 0.25) is 5.88 Å². The summed E-state index contributed by atoms with van der Waals surface area (Å²) in [7, 11) is 3.04. The zero-order valence-corrected chi connectivity index (χ0v) is 29.2. The number of carbonyl (C=O) groups is 1. The number of ether oxygens (including phenoxy) is 1. The number of methoxy groups -OCH3 is 1. The fourth-order valence-electron chi connectivity index (χ4n) is 7.85. The van der Waals surface area contributed by atoms with Crippen LogP contribution < -0.4 is 26.2 Å². The molecule has 0 unspecified atom stereocenters.